The first-order valence-electron chi connectivity index (χ1n) is 7.42. The number of hydrogen-bond donors (Lipinski definition) is 0. The number of allylic oxidation sites excluding steroid dienone is 1. The highest BCUT2D eigenvalue weighted by Crippen LogP contribution is 2.47. The molecule has 0 aromatic carbocycles. The van der Waals surface area contributed by atoms with Crippen LogP contribution in [0.25, 0.3) is 0 Å². The number of rotatable bonds is 6. The van der Waals surface area contributed by atoms with Crippen molar-refractivity contribution in [1.82, 2.24) is 0 Å². The maximum atomic E-state index is 4.31. The van der Waals surface area contributed by atoms with Crippen molar-refractivity contribution in [2.75, 3.05) is 0 Å². The highest BCUT2D eigenvalue weighted by atomic mass is 14.4. The Morgan fingerprint density at radius 2 is 1.88 bits per heavy atom. The molecule has 0 amide bonds. The van der Waals surface area contributed by atoms with E-state index < -0.39 is 0 Å². The fourth-order valence-corrected chi connectivity index (χ4v) is 3.19. The zero-order valence-corrected chi connectivity index (χ0v) is 12.8. The summed E-state index contributed by atoms with van der Waals surface area (Å²) in [6, 6.07) is 0. The summed E-state index contributed by atoms with van der Waals surface area (Å²) < 4.78 is 0. The molecule has 0 nitrogen and oxygen atoms in total. The first-order chi connectivity index (χ1) is 7.74. The fraction of sp³-hybridized carbons (Fsp3) is 0.882. The maximum Gasteiger partial charge on any atom is -0.0198 e. The Hall–Kier alpha value is -0.260. The molecule has 4 unspecified atom stereocenters. The van der Waals surface area contributed by atoms with Crippen LogP contribution in [-0.2, 0) is 0 Å². The average molecular weight is 236 g/mol. The SMILES string of the molecule is C=C(CC)C(CC(C)C1CC1C)CC(C)(C)C. The van der Waals surface area contributed by atoms with E-state index in [-0.39, 0.29) is 0 Å². The molecule has 0 heteroatoms. The van der Waals surface area contributed by atoms with Crippen LogP contribution in [0.2, 0.25) is 0 Å². The van der Waals surface area contributed by atoms with Gasteiger partial charge in [-0.15, -0.1) is 0 Å². The second-order valence-electron chi connectivity index (χ2n) is 7.56. The van der Waals surface area contributed by atoms with Crippen LogP contribution in [0.5, 0.6) is 0 Å². The number of hydrogen-bond acceptors (Lipinski definition) is 0. The zero-order chi connectivity index (χ0) is 13.2. The Labute approximate surface area is 109 Å². The molecule has 1 saturated carbocycles. The highest BCUT2D eigenvalue weighted by Gasteiger charge is 2.38. The molecule has 0 bridgehead atoms. The van der Waals surface area contributed by atoms with Gasteiger partial charge in [0.2, 0.25) is 0 Å². The topological polar surface area (TPSA) is 0 Å². The van der Waals surface area contributed by atoms with Gasteiger partial charge in [-0.2, -0.15) is 0 Å². The molecular weight excluding hydrogens is 204 g/mol. The van der Waals surface area contributed by atoms with Crippen LogP contribution >= 0.6 is 0 Å². The molecule has 100 valence electrons. The third-order valence-corrected chi connectivity index (χ3v) is 4.45. The molecular formula is C17H32. The van der Waals surface area contributed by atoms with E-state index in [2.05, 4.69) is 48.1 Å². The second-order valence-corrected chi connectivity index (χ2v) is 7.56. The predicted octanol–water partition coefficient (Wildman–Crippen LogP) is 5.69. The first-order valence-corrected chi connectivity index (χ1v) is 7.42. The normalized spacial score (nSPS) is 27.6. The molecule has 0 aromatic rings. The van der Waals surface area contributed by atoms with Crippen LogP contribution in [0.15, 0.2) is 12.2 Å². The van der Waals surface area contributed by atoms with E-state index in [0.29, 0.717) is 5.41 Å². The lowest BCUT2D eigenvalue weighted by Crippen LogP contribution is -2.18. The van der Waals surface area contributed by atoms with Crippen LogP contribution in [0.4, 0.5) is 0 Å². The van der Waals surface area contributed by atoms with Crippen molar-refractivity contribution in [3.8, 4) is 0 Å². The maximum absolute atomic E-state index is 4.31. The minimum Gasteiger partial charge on any atom is -0.0996 e. The van der Waals surface area contributed by atoms with Crippen LogP contribution in [0.1, 0.15) is 67.2 Å². The minimum absolute atomic E-state index is 0.428. The molecule has 4 atom stereocenters. The Morgan fingerprint density at radius 3 is 2.24 bits per heavy atom. The Bertz CT molecular complexity index is 256. The summed E-state index contributed by atoms with van der Waals surface area (Å²) in [5.74, 6) is 3.61. The summed E-state index contributed by atoms with van der Waals surface area (Å²) in [4.78, 5) is 0. The Kier molecular flexibility index (Phi) is 4.86. The minimum atomic E-state index is 0.428. The van der Waals surface area contributed by atoms with Gasteiger partial charge in [-0.25, -0.2) is 0 Å². The highest BCUT2D eigenvalue weighted by molar-refractivity contribution is 5.02. The zero-order valence-electron chi connectivity index (χ0n) is 12.8. The largest absolute Gasteiger partial charge is 0.0996 e. The Morgan fingerprint density at radius 1 is 1.35 bits per heavy atom. The molecule has 1 fully saturated rings. The molecule has 0 saturated heterocycles. The van der Waals surface area contributed by atoms with Crippen molar-refractivity contribution in [3.63, 3.8) is 0 Å². The van der Waals surface area contributed by atoms with E-state index in [9.17, 15) is 0 Å². The molecule has 0 N–H and O–H groups in total. The van der Waals surface area contributed by atoms with Gasteiger partial charge in [-0.3, -0.25) is 0 Å². The molecule has 0 spiro atoms. The molecule has 1 rings (SSSR count). The van der Waals surface area contributed by atoms with Gasteiger partial charge in [0.15, 0.2) is 0 Å². The molecule has 0 aliphatic heterocycles. The van der Waals surface area contributed by atoms with E-state index in [4.69, 9.17) is 0 Å². The summed E-state index contributed by atoms with van der Waals surface area (Å²) in [5, 5.41) is 0. The average Bonchev–Trinajstić information content (AvgIpc) is 2.91. The molecule has 0 aromatic heterocycles. The van der Waals surface area contributed by atoms with Gasteiger partial charge < -0.3 is 0 Å². The summed E-state index contributed by atoms with van der Waals surface area (Å²) in [6.07, 6.45) is 5.26. The molecule has 1 aliphatic rings. The summed E-state index contributed by atoms with van der Waals surface area (Å²) >= 11 is 0. The third kappa shape index (κ3) is 4.85. The van der Waals surface area contributed by atoms with Crippen molar-refractivity contribution in [2.24, 2.45) is 29.1 Å². The van der Waals surface area contributed by atoms with Gasteiger partial charge in [-0.1, -0.05) is 53.7 Å². The van der Waals surface area contributed by atoms with Crippen molar-refractivity contribution >= 4 is 0 Å². The quantitative estimate of drug-likeness (QED) is 0.520. The molecule has 0 radical (unpaired) electrons. The van der Waals surface area contributed by atoms with Crippen LogP contribution in [-0.4, -0.2) is 0 Å². The summed E-state index contributed by atoms with van der Waals surface area (Å²) in [5.41, 5.74) is 1.90. The summed E-state index contributed by atoms with van der Waals surface area (Å²) in [6.45, 7) is 18.5. The smallest absolute Gasteiger partial charge is 0.0198 e. The van der Waals surface area contributed by atoms with Crippen molar-refractivity contribution in [3.05, 3.63) is 12.2 Å². The van der Waals surface area contributed by atoms with Crippen LogP contribution in [0.3, 0.4) is 0 Å². The lowest BCUT2D eigenvalue weighted by Gasteiger charge is -2.29. The predicted molar refractivity (Wildman–Crippen MR) is 78.0 cm³/mol. The van der Waals surface area contributed by atoms with Gasteiger partial charge in [0, 0.05) is 0 Å². The van der Waals surface area contributed by atoms with Gasteiger partial charge in [-0.05, 0) is 54.8 Å². The molecule has 1 aliphatic carbocycles. The monoisotopic (exact) mass is 236 g/mol. The van der Waals surface area contributed by atoms with E-state index in [1.54, 1.807) is 0 Å². The lowest BCUT2D eigenvalue weighted by atomic mass is 9.76. The van der Waals surface area contributed by atoms with Crippen molar-refractivity contribution in [1.29, 1.82) is 0 Å². The van der Waals surface area contributed by atoms with Gasteiger partial charge in [0.1, 0.15) is 0 Å². The molecule has 17 heavy (non-hydrogen) atoms. The Balaban J connectivity index is 2.54. The third-order valence-electron chi connectivity index (χ3n) is 4.45. The van der Waals surface area contributed by atoms with Crippen molar-refractivity contribution in [2.45, 2.75) is 67.2 Å². The van der Waals surface area contributed by atoms with E-state index >= 15 is 0 Å². The fourth-order valence-electron chi connectivity index (χ4n) is 3.19. The van der Waals surface area contributed by atoms with Gasteiger partial charge in [0.05, 0.1) is 0 Å². The summed E-state index contributed by atoms with van der Waals surface area (Å²) in [7, 11) is 0. The lowest BCUT2D eigenvalue weighted by molar-refractivity contribution is 0.270. The van der Waals surface area contributed by atoms with Crippen molar-refractivity contribution < 1.29 is 0 Å². The van der Waals surface area contributed by atoms with Crippen LogP contribution in [0, 0.1) is 29.1 Å². The van der Waals surface area contributed by atoms with Gasteiger partial charge in [0.25, 0.3) is 0 Å². The standard InChI is InChI=1S/C17H32/c1-8-12(2)15(11-17(5,6)7)9-13(3)16-10-14(16)4/h13-16H,2,8-11H2,1,3-7H3. The molecule has 0 heterocycles. The second kappa shape index (κ2) is 5.59. The van der Waals surface area contributed by atoms with Gasteiger partial charge >= 0.3 is 0 Å². The van der Waals surface area contributed by atoms with E-state index in [1.165, 1.54) is 24.8 Å². The van der Waals surface area contributed by atoms with Crippen LogP contribution < -0.4 is 0 Å². The van der Waals surface area contributed by atoms with E-state index in [0.717, 1.165) is 30.1 Å². The first kappa shape index (κ1) is 14.8. The van der Waals surface area contributed by atoms with E-state index in [1.807, 2.05) is 0 Å².